The molecule has 0 atom stereocenters. The van der Waals surface area contributed by atoms with Crippen molar-refractivity contribution in [2.75, 3.05) is 0 Å². The Morgan fingerprint density at radius 1 is 1.47 bits per heavy atom. The molecule has 1 N–H and O–H groups in total. The minimum Gasteiger partial charge on any atom is -0.444 e. The SMILES string of the molecule is CC(C)(C)OC(=O)NC1CCC1.c1cscn1. The summed E-state index contributed by atoms with van der Waals surface area (Å²) in [6, 6.07) is 0.361. The topological polar surface area (TPSA) is 51.2 Å². The fourth-order valence-electron chi connectivity index (χ4n) is 1.20. The van der Waals surface area contributed by atoms with Crippen LogP contribution in [0.3, 0.4) is 0 Å². The van der Waals surface area contributed by atoms with E-state index in [1.54, 1.807) is 23.0 Å². The third-order valence-electron chi connectivity index (χ3n) is 2.17. The number of rotatable bonds is 1. The molecular formula is C12H20N2O2S. The molecule has 1 heterocycles. The van der Waals surface area contributed by atoms with Gasteiger partial charge in [-0.2, -0.15) is 0 Å². The fraction of sp³-hybridized carbons (Fsp3) is 0.667. The van der Waals surface area contributed by atoms with Gasteiger partial charge in [0.05, 0.1) is 5.51 Å². The largest absolute Gasteiger partial charge is 0.444 e. The van der Waals surface area contributed by atoms with Gasteiger partial charge in [-0.1, -0.05) is 0 Å². The molecule has 5 heteroatoms. The lowest BCUT2D eigenvalue weighted by atomic mass is 9.93. The second-order valence-corrected chi connectivity index (χ2v) is 5.70. The summed E-state index contributed by atoms with van der Waals surface area (Å²) in [7, 11) is 0. The maximum Gasteiger partial charge on any atom is 0.407 e. The van der Waals surface area contributed by atoms with Crippen LogP contribution >= 0.6 is 11.3 Å². The normalized spacial score (nSPS) is 15.2. The summed E-state index contributed by atoms with van der Waals surface area (Å²) in [4.78, 5) is 14.9. The lowest BCUT2D eigenvalue weighted by Crippen LogP contribution is -2.42. The highest BCUT2D eigenvalue weighted by Crippen LogP contribution is 2.18. The van der Waals surface area contributed by atoms with Crippen LogP contribution in [-0.2, 0) is 4.74 Å². The molecule has 96 valence electrons. The summed E-state index contributed by atoms with van der Waals surface area (Å²) in [5, 5.41) is 4.74. The number of ether oxygens (including phenoxy) is 1. The molecule has 0 aliphatic heterocycles. The van der Waals surface area contributed by atoms with Crippen molar-refractivity contribution in [2.24, 2.45) is 0 Å². The van der Waals surface area contributed by atoms with E-state index in [0.29, 0.717) is 6.04 Å². The van der Waals surface area contributed by atoms with Crippen LogP contribution in [0.4, 0.5) is 4.79 Å². The van der Waals surface area contributed by atoms with E-state index in [-0.39, 0.29) is 11.7 Å². The second-order valence-electron chi connectivity index (χ2n) is 4.95. The van der Waals surface area contributed by atoms with Crippen molar-refractivity contribution in [3.05, 3.63) is 17.1 Å². The molecule has 0 bridgehead atoms. The number of amides is 1. The van der Waals surface area contributed by atoms with Gasteiger partial charge in [0.1, 0.15) is 5.60 Å². The third-order valence-corrected chi connectivity index (χ3v) is 2.70. The summed E-state index contributed by atoms with van der Waals surface area (Å²) in [6.45, 7) is 5.61. The van der Waals surface area contributed by atoms with Gasteiger partial charge in [-0.15, -0.1) is 11.3 Å². The van der Waals surface area contributed by atoms with E-state index >= 15 is 0 Å². The lowest BCUT2D eigenvalue weighted by molar-refractivity contribution is 0.0480. The molecule has 2 rings (SSSR count). The van der Waals surface area contributed by atoms with Crippen LogP contribution in [0.15, 0.2) is 17.1 Å². The Hall–Kier alpha value is -1.10. The molecule has 4 nitrogen and oxygen atoms in total. The van der Waals surface area contributed by atoms with Gasteiger partial charge in [0.2, 0.25) is 0 Å². The molecule has 1 fully saturated rings. The van der Waals surface area contributed by atoms with Crippen molar-refractivity contribution in [1.82, 2.24) is 10.3 Å². The number of hydrogen-bond donors (Lipinski definition) is 1. The van der Waals surface area contributed by atoms with Crippen LogP contribution in [0.5, 0.6) is 0 Å². The van der Waals surface area contributed by atoms with Crippen molar-refractivity contribution in [1.29, 1.82) is 0 Å². The molecule has 0 radical (unpaired) electrons. The van der Waals surface area contributed by atoms with E-state index in [1.807, 2.05) is 26.2 Å². The molecule has 1 aromatic heterocycles. The molecule has 1 amide bonds. The number of aromatic nitrogens is 1. The van der Waals surface area contributed by atoms with Crippen LogP contribution < -0.4 is 5.32 Å². The van der Waals surface area contributed by atoms with Gasteiger partial charge in [0, 0.05) is 17.6 Å². The van der Waals surface area contributed by atoms with Crippen LogP contribution in [0.1, 0.15) is 40.0 Å². The minimum absolute atomic E-state index is 0.285. The van der Waals surface area contributed by atoms with E-state index in [9.17, 15) is 4.79 Å². The van der Waals surface area contributed by atoms with Crippen LogP contribution in [0.25, 0.3) is 0 Å². The Labute approximate surface area is 106 Å². The standard InChI is InChI=1S/C9H17NO2.C3H3NS/c1-9(2,3)12-8(11)10-7-5-4-6-7;1-2-5-3-4-1/h7H,4-6H2,1-3H3,(H,10,11);1-3H. The predicted molar refractivity (Wildman–Crippen MR) is 69.1 cm³/mol. The van der Waals surface area contributed by atoms with Crippen molar-refractivity contribution < 1.29 is 9.53 Å². The van der Waals surface area contributed by atoms with Crippen molar-refractivity contribution in [2.45, 2.75) is 51.7 Å². The Balaban J connectivity index is 0.000000239. The van der Waals surface area contributed by atoms with E-state index in [1.165, 1.54) is 6.42 Å². The van der Waals surface area contributed by atoms with Crippen LogP contribution in [0.2, 0.25) is 0 Å². The first kappa shape index (κ1) is 14.0. The molecule has 1 aromatic rings. The van der Waals surface area contributed by atoms with Crippen molar-refractivity contribution >= 4 is 17.4 Å². The van der Waals surface area contributed by atoms with Gasteiger partial charge in [-0.25, -0.2) is 4.79 Å². The number of nitrogens with one attached hydrogen (secondary N) is 1. The number of thiazole rings is 1. The highest BCUT2D eigenvalue weighted by atomic mass is 32.1. The number of hydrogen-bond acceptors (Lipinski definition) is 4. The molecule has 1 aliphatic rings. The Morgan fingerprint density at radius 3 is 2.47 bits per heavy atom. The first-order valence-corrected chi connectivity index (χ1v) is 6.73. The van der Waals surface area contributed by atoms with E-state index in [0.717, 1.165) is 12.8 Å². The average Bonchev–Trinajstić information content (AvgIpc) is 2.66. The Kier molecular flexibility index (Phi) is 5.41. The predicted octanol–water partition coefficient (Wildman–Crippen LogP) is 3.21. The summed E-state index contributed by atoms with van der Waals surface area (Å²) in [5.74, 6) is 0. The molecule has 1 saturated carbocycles. The van der Waals surface area contributed by atoms with Gasteiger partial charge >= 0.3 is 6.09 Å². The molecule has 0 unspecified atom stereocenters. The quantitative estimate of drug-likeness (QED) is 0.839. The van der Waals surface area contributed by atoms with Gasteiger partial charge in [-0.3, -0.25) is 4.98 Å². The Morgan fingerprint density at radius 2 is 2.18 bits per heavy atom. The zero-order valence-electron chi connectivity index (χ0n) is 10.6. The van der Waals surface area contributed by atoms with Crippen molar-refractivity contribution in [3.8, 4) is 0 Å². The summed E-state index contributed by atoms with van der Waals surface area (Å²) >= 11 is 1.60. The van der Waals surface area contributed by atoms with Gasteiger partial charge in [0.15, 0.2) is 0 Å². The molecule has 17 heavy (non-hydrogen) atoms. The van der Waals surface area contributed by atoms with E-state index in [4.69, 9.17) is 4.74 Å². The molecule has 0 saturated heterocycles. The summed E-state index contributed by atoms with van der Waals surface area (Å²) in [6.07, 6.45) is 4.90. The van der Waals surface area contributed by atoms with Gasteiger partial charge < -0.3 is 10.1 Å². The smallest absolute Gasteiger partial charge is 0.407 e. The Bertz CT molecular complexity index is 299. The summed E-state index contributed by atoms with van der Waals surface area (Å²) < 4.78 is 5.09. The van der Waals surface area contributed by atoms with E-state index < -0.39 is 0 Å². The first-order valence-electron chi connectivity index (χ1n) is 5.79. The van der Waals surface area contributed by atoms with Gasteiger partial charge in [-0.05, 0) is 40.0 Å². The zero-order chi connectivity index (χ0) is 12.7. The maximum absolute atomic E-state index is 11.1. The van der Waals surface area contributed by atoms with Gasteiger partial charge in [0.25, 0.3) is 0 Å². The average molecular weight is 256 g/mol. The molecule has 0 aromatic carbocycles. The molecule has 0 spiro atoms. The summed E-state index contributed by atoms with van der Waals surface area (Å²) in [5.41, 5.74) is 1.41. The number of alkyl carbamates (subject to hydrolysis) is 1. The third kappa shape index (κ3) is 6.94. The number of carbonyl (C=O) groups excluding carboxylic acids is 1. The van der Waals surface area contributed by atoms with Crippen LogP contribution in [-0.4, -0.2) is 22.7 Å². The number of carbonyl (C=O) groups is 1. The maximum atomic E-state index is 11.1. The fourth-order valence-corrected chi connectivity index (χ4v) is 1.55. The zero-order valence-corrected chi connectivity index (χ0v) is 11.4. The lowest BCUT2D eigenvalue weighted by Gasteiger charge is -2.28. The van der Waals surface area contributed by atoms with Crippen molar-refractivity contribution in [3.63, 3.8) is 0 Å². The molecular weight excluding hydrogens is 236 g/mol. The second kappa shape index (κ2) is 6.59. The monoisotopic (exact) mass is 256 g/mol. The van der Waals surface area contributed by atoms with Crippen LogP contribution in [0, 0.1) is 0 Å². The first-order chi connectivity index (χ1) is 7.97. The number of nitrogens with zero attached hydrogens (tertiary/aromatic N) is 1. The highest BCUT2D eigenvalue weighted by Gasteiger charge is 2.22. The molecule has 1 aliphatic carbocycles. The minimum atomic E-state index is -0.381. The van der Waals surface area contributed by atoms with E-state index in [2.05, 4.69) is 10.3 Å². The highest BCUT2D eigenvalue weighted by molar-refractivity contribution is 7.07.